The van der Waals surface area contributed by atoms with Crippen molar-refractivity contribution in [2.75, 3.05) is 27.9 Å². The van der Waals surface area contributed by atoms with Crippen LogP contribution in [-0.4, -0.2) is 39.1 Å². The lowest BCUT2D eigenvalue weighted by molar-refractivity contribution is -0.0163. The third-order valence-corrected chi connectivity index (χ3v) is 4.51. The van der Waals surface area contributed by atoms with Gasteiger partial charge in [-0.2, -0.15) is 0 Å². The van der Waals surface area contributed by atoms with Crippen LogP contribution in [0.25, 0.3) is 0 Å². The fraction of sp³-hybridized carbons (Fsp3) is 0.391. The molecule has 0 saturated heterocycles. The van der Waals surface area contributed by atoms with E-state index in [9.17, 15) is 5.11 Å². The van der Waals surface area contributed by atoms with E-state index in [1.54, 1.807) is 32.4 Å². The van der Waals surface area contributed by atoms with Gasteiger partial charge < -0.3 is 28.8 Å². The quantitative estimate of drug-likeness (QED) is 0.550. The van der Waals surface area contributed by atoms with Gasteiger partial charge >= 0.3 is 0 Å². The van der Waals surface area contributed by atoms with E-state index in [1.807, 2.05) is 32.1 Å². The van der Waals surface area contributed by atoms with Crippen LogP contribution in [0.3, 0.4) is 0 Å². The van der Waals surface area contributed by atoms with Gasteiger partial charge in [0, 0.05) is 6.61 Å². The zero-order chi connectivity index (χ0) is 21.4. The number of rotatable bonds is 11. The SMILES string of the molecule is C=CCc1cc(OC)c(O[C@@H](C)[C@@H](OCC)c2ccc(O)c(OC)c2)c(OC)c1. The summed E-state index contributed by atoms with van der Waals surface area (Å²) >= 11 is 0. The number of hydrogen-bond acceptors (Lipinski definition) is 6. The minimum Gasteiger partial charge on any atom is -0.504 e. The first-order valence-corrected chi connectivity index (χ1v) is 9.49. The fourth-order valence-corrected chi connectivity index (χ4v) is 3.14. The Labute approximate surface area is 172 Å². The average molecular weight is 402 g/mol. The highest BCUT2D eigenvalue weighted by atomic mass is 16.6. The highest BCUT2D eigenvalue weighted by Crippen LogP contribution is 2.41. The molecular formula is C23H30O6. The van der Waals surface area contributed by atoms with Gasteiger partial charge in [0.15, 0.2) is 23.0 Å². The molecule has 0 aliphatic heterocycles. The number of methoxy groups -OCH3 is 3. The zero-order valence-electron chi connectivity index (χ0n) is 17.7. The van der Waals surface area contributed by atoms with Gasteiger partial charge in [-0.1, -0.05) is 12.1 Å². The lowest BCUT2D eigenvalue weighted by Crippen LogP contribution is -2.25. The van der Waals surface area contributed by atoms with E-state index in [0.717, 1.165) is 11.1 Å². The van der Waals surface area contributed by atoms with Crippen LogP contribution in [0.5, 0.6) is 28.7 Å². The minimum atomic E-state index is -0.392. The van der Waals surface area contributed by atoms with Crippen LogP contribution in [0, 0.1) is 0 Å². The molecule has 0 spiro atoms. The van der Waals surface area contributed by atoms with Gasteiger partial charge in [0.2, 0.25) is 5.75 Å². The molecule has 29 heavy (non-hydrogen) atoms. The maximum Gasteiger partial charge on any atom is 0.203 e. The average Bonchev–Trinajstić information content (AvgIpc) is 2.73. The first-order valence-electron chi connectivity index (χ1n) is 9.49. The first kappa shape index (κ1) is 22.4. The second kappa shape index (κ2) is 10.6. The molecule has 158 valence electrons. The summed E-state index contributed by atoms with van der Waals surface area (Å²) in [7, 11) is 4.69. The second-order valence-corrected chi connectivity index (χ2v) is 6.45. The lowest BCUT2D eigenvalue weighted by Gasteiger charge is -2.27. The number of hydrogen-bond donors (Lipinski definition) is 1. The Kier molecular flexibility index (Phi) is 8.21. The van der Waals surface area contributed by atoms with E-state index in [0.29, 0.717) is 36.0 Å². The third kappa shape index (κ3) is 5.35. The lowest BCUT2D eigenvalue weighted by atomic mass is 10.0. The van der Waals surface area contributed by atoms with Crippen molar-refractivity contribution in [3.05, 3.63) is 54.1 Å². The van der Waals surface area contributed by atoms with Crippen LogP contribution in [0.2, 0.25) is 0 Å². The van der Waals surface area contributed by atoms with Crippen molar-refractivity contribution >= 4 is 0 Å². The monoisotopic (exact) mass is 402 g/mol. The number of phenolic OH excluding ortho intramolecular Hbond substituents is 1. The number of benzene rings is 2. The van der Waals surface area contributed by atoms with Crippen molar-refractivity contribution in [1.82, 2.24) is 0 Å². The molecule has 0 aliphatic carbocycles. The Morgan fingerprint density at radius 1 is 1.00 bits per heavy atom. The molecule has 2 atom stereocenters. The van der Waals surface area contributed by atoms with E-state index in [4.69, 9.17) is 23.7 Å². The van der Waals surface area contributed by atoms with Crippen LogP contribution in [0.4, 0.5) is 0 Å². The van der Waals surface area contributed by atoms with Crippen molar-refractivity contribution in [1.29, 1.82) is 0 Å². The molecule has 2 aromatic carbocycles. The van der Waals surface area contributed by atoms with E-state index in [1.165, 1.54) is 7.11 Å². The normalized spacial score (nSPS) is 12.7. The number of allylic oxidation sites excluding steroid dienone is 1. The van der Waals surface area contributed by atoms with Crippen LogP contribution >= 0.6 is 0 Å². The van der Waals surface area contributed by atoms with Gasteiger partial charge in [0.25, 0.3) is 0 Å². The first-order chi connectivity index (χ1) is 14.0. The van der Waals surface area contributed by atoms with Crippen molar-refractivity contribution < 1.29 is 28.8 Å². The molecule has 6 nitrogen and oxygen atoms in total. The maximum atomic E-state index is 9.89. The standard InChI is InChI=1S/C23H30O6/c1-7-9-16-12-20(26-5)23(21(13-16)27-6)29-15(3)22(28-8-2)17-10-11-18(24)19(14-17)25-4/h7,10-15,22,24H,1,8-9H2,2-6H3/t15-,22+/m0/s1. The van der Waals surface area contributed by atoms with Crippen molar-refractivity contribution in [3.8, 4) is 28.7 Å². The predicted molar refractivity (Wildman–Crippen MR) is 113 cm³/mol. The second-order valence-electron chi connectivity index (χ2n) is 6.45. The van der Waals surface area contributed by atoms with Crippen LogP contribution < -0.4 is 18.9 Å². The van der Waals surface area contributed by atoms with Crippen molar-refractivity contribution in [3.63, 3.8) is 0 Å². The molecule has 0 amide bonds. The molecule has 0 heterocycles. The van der Waals surface area contributed by atoms with Gasteiger partial charge in [-0.25, -0.2) is 0 Å². The summed E-state index contributed by atoms with van der Waals surface area (Å²) in [5.41, 5.74) is 1.84. The maximum absolute atomic E-state index is 9.89. The van der Waals surface area contributed by atoms with Crippen LogP contribution in [-0.2, 0) is 11.2 Å². The van der Waals surface area contributed by atoms with Gasteiger partial charge in [-0.3, -0.25) is 0 Å². The fourth-order valence-electron chi connectivity index (χ4n) is 3.14. The van der Waals surface area contributed by atoms with Crippen LogP contribution in [0.15, 0.2) is 43.0 Å². The Morgan fingerprint density at radius 2 is 1.62 bits per heavy atom. The number of ether oxygens (including phenoxy) is 5. The molecule has 0 saturated carbocycles. The molecule has 2 aromatic rings. The topological polar surface area (TPSA) is 66.4 Å². The van der Waals surface area contributed by atoms with Gasteiger partial charge in [-0.05, 0) is 55.7 Å². The molecule has 0 aromatic heterocycles. The molecule has 6 heteroatoms. The summed E-state index contributed by atoms with van der Waals surface area (Å²) in [5, 5.41) is 9.89. The van der Waals surface area contributed by atoms with E-state index < -0.39 is 6.10 Å². The Hall–Kier alpha value is -2.86. The summed E-state index contributed by atoms with van der Waals surface area (Å²) in [6, 6.07) is 8.94. The summed E-state index contributed by atoms with van der Waals surface area (Å²) in [6.07, 6.45) is 1.74. The molecule has 0 radical (unpaired) electrons. The Balaban J connectivity index is 2.39. The van der Waals surface area contributed by atoms with Crippen molar-refractivity contribution in [2.45, 2.75) is 32.5 Å². The molecule has 0 unspecified atom stereocenters. The Bertz CT molecular complexity index is 792. The van der Waals surface area contributed by atoms with Gasteiger partial charge in [0.05, 0.1) is 21.3 Å². The largest absolute Gasteiger partial charge is 0.504 e. The molecule has 1 N–H and O–H groups in total. The summed E-state index contributed by atoms with van der Waals surface area (Å²) in [4.78, 5) is 0. The van der Waals surface area contributed by atoms with Crippen LogP contribution in [0.1, 0.15) is 31.1 Å². The number of phenols is 1. The molecule has 0 bridgehead atoms. The highest BCUT2D eigenvalue weighted by Gasteiger charge is 2.26. The van der Waals surface area contributed by atoms with E-state index >= 15 is 0 Å². The molecule has 2 rings (SSSR count). The minimum absolute atomic E-state index is 0.0706. The van der Waals surface area contributed by atoms with Gasteiger partial charge in [-0.15, -0.1) is 6.58 Å². The summed E-state index contributed by atoms with van der Waals surface area (Å²) in [5.74, 6) is 2.11. The summed E-state index contributed by atoms with van der Waals surface area (Å²) < 4.78 is 28.5. The van der Waals surface area contributed by atoms with Gasteiger partial charge in [0.1, 0.15) is 12.2 Å². The summed E-state index contributed by atoms with van der Waals surface area (Å²) in [6.45, 7) is 8.10. The van der Waals surface area contributed by atoms with Crippen molar-refractivity contribution in [2.24, 2.45) is 0 Å². The van der Waals surface area contributed by atoms with E-state index in [2.05, 4.69) is 6.58 Å². The third-order valence-electron chi connectivity index (χ3n) is 4.51. The Morgan fingerprint density at radius 3 is 2.14 bits per heavy atom. The smallest absolute Gasteiger partial charge is 0.203 e. The molecule has 0 aliphatic rings. The predicted octanol–water partition coefficient (Wildman–Crippen LogP) is 4.69. The van der Waals surface area contributed by atoms with E-state index in [-0.39, 0.29) is 11.9 Å². The highest BCUT2D eigenvalue weighted by molar-refractivity contribution is 5.54. The number of aromatic hydroxyl groups is 1. The molecular weight excluding hydrogens is 372 g/mol. The zero-order valence-corrected chi connectivity index (χ0v) is 17.7. The molecule has 0 fully saturated rings.